The van der Waals surface area contributed by atoms with Crippen molar-refractivity contribution in [2.45, 2.75) is 39.8 Å². The second-order valence-corrected chi connectivity index (χ2v) is 6.42. The van der Waals surface area contributed by atoms with Crippen LogP contribution >= 0.6 is 27.3 Å². The number of nitrogens with one attached hydrogen (secondary N) is 1. The first-order chi connectivity index (χ1) is 7.52. The number of hydrogen-bond acceptors (Lipinski definition) is 3. The van der Waals surface area contributed by atoms with Crippen molar-refractivity contribution in [2.75, 3.05) is 7.11 Å². The maximum absolute atomic E-state index is 5.24. The summed E-state index contributed by atoms with van der Waals surface area (Å²) >= 11 is 5.17. The predicted molar refractivity (Wildman–Crippen MR) is 74.3 cm³/mol. The molecule has 1 aromatic heterocycles. The summed E-state index contributed by atoms with van der Waals surface area (Å²) in [7, 11) is 1.70. The molecule has 1 rings (SSSR count). The number of hydrogen-bond donors (Lipinski definition) is 1. The molecule has 0 aliphatic heterocycles. The van der Waals surface area contributed by atoms with Gasteiger partial charge in [0.05, 0.1) is 11.6 Å². The van der Waals surface area contributed by atoms with E-state index in [2.05, 4.69) is 48.1 Å². The lowest BCUT2D eigenvalue weighted by Gasteiger charge is -2.14. The van der Waals surface area contributed by atoms with Crippen LogP contribution in [-0.4, -0.2) is 13.2 Å². The van der Waals surface area contributed by atoms with E-state index in [1.165, 1.54) is 11.3 Å². The first-order valence-corrected chi connectivity index (χ1v) is 7.19. The van der Waals surface area contributed by atoms with Crippen LogP contribution < -0.4 is 10.1 Å². The molecule has 0 radical (unpaired) electrons. The van der Waals surface area contributed by atoms with E-state index in [1.807, 2.05) is 0 Å². The van der Waals surface area contributed by atoms with Gasteiger partial charge in [-0.1, -0.05) is 13.8 Å². The van der Waals surface area contributed by atoms with Gasteiger partial charge in [0.25, 0.3) is 0 Å². The molecule has 1 aromatic rings. The van der Waals surface area contributed by atoms with Crippen LogP contribution in [0.15, 0.2) is 10.5 Å². The molecule has 4 heteroatoms. The van der Waals surface area contributed by atoms with Crippen LogP contribution in [0, 0.1) is 5.92 Å². The maximum Gasteiger partial charge on any atom is 0.188 e. The molecular formula is C12H20BrNOS. The smallest absolute Gasteiger partial charge is 0.188 e. The molecule has 1 atom stereocenters. The Hall–Kier alpha value is -0.0600. The second kappa shape index (κ2) is 6.62. The minimum atomic E-state index is 0.562. The lowest BCUT2D eigenvalue weighted by atomic mass is 10.1. The molecule has 2 nitrogen and oxygen atoms in total. The van der Waals surface area contributed by atoms with Crippen LogP contribution in [0.5, 0.6) is 5.06 Å². The summed E-state index contributed by atoms with van der Waals surface area (Å²) in [4.78, 5) is 1.30. The Morgan fingerprint density at radius 1 is 1.44 bits per heavy atom. The summed E-state index contributed by atoms with van der Waals surface area (Å²) in [6, 6.07) is 2.69. The minimum absolute atomic E-state index is 0.562. The van der Waals surface area contributed by atoms with E-state index in [9.17, 15) is 0 Å². The first kappa shape index (κ1) is 14.0. The van der Waals surface area contributed by atoms with Crippen LogP contribution in [0.3, 0.4) is 0 Å². The lowest BCUT2D eigenvalue weighted by molar-refractivity contribution is 0.425. The lowest BCUT2D eigenvalue weighted by Crippen LogP contribution is -2.26. The van der Waals surface area contributed by atoms with E-state index in [0.717, 1.165) is 22.0 Å². The molecule has 1 heterocycles. The third-order valence-electron chi connectivity index (χ3n) is 2.34. The van der Waals surface area contributed by atoms with E-state index in [0.29, 0.717) is 6.04 Å². The molecule has 0 fully saturated rings. The number of halogens is 1. The number of rotatable bonds is 6. The van der Waals surface area contributed by atoms with Gasteiger partial charge in [-0.3, -0.25) is 0 Å². The Morgan fingerprint density at radius 3 is 2.62 bits per heavy atom. The molecule has 0 aromatic carbocycles. The highest BCUT2D eigenvalue weighted by Gasteiger charge is 2.09. The van der Waals surface area contributed by atoms with Gasteiger partial charge in [-0.15, -0.1) is 11.3 Å². The van der Waals surface area contributed by atoms with Crippen LogP contribution in [-0.2, 0) is 6.54 Å². The number of ether oxygens (including phenoxy) is 1. The van der Waals surface area contributed by atoms with Crippen molar-refractivity contribution in [1.82, 2.24) is 5.32 Å². The Bertz CT molecular complexity index is 325. The quantitative estimate of drug-likeness (QED) is 0.856. The Morgan fingerprint density at radius 2 is 2.12 bits per heavy atom. The molecule has 0 saturated heterocycles. The molecule has 0 bridgehead atoms. The fourth-order valence-corrected chi connectivity index (χ4v) is 3.33. The maximum atomic E-state index is 5.24. The van der Waals surface area contributed by atoms with Crippen molar-refractivity contribution in [3.63, 3.8) is 0 Å². The summed E-state index contributed by atoms with van der Waals surface area (Å²) in [6.07, 6.45) is 1.21. The molecule has 0 aliphatic carbocycles. The van der Waals surface area contributed by atoms with E-state index in [-0.39, 0.29) is 0 Å². The summed E-state index contributed by atoms with van der Waals surface area (Å²) < 4.78 is 6.29. The van der Waals surface area contributed by atoms with Crippen molar-refractivity contribution in [2.24, 2.45) is 5.92 Å². The van der Waals surface area contributed by atoms with Gasteiger partial charge in [0.15, 0.2) is 5.06 Å². The standard InChI is InChI=1S/C12H20BrNOS/c1-8(2)5-9(3)14-7-10-6-11(13)12(15-4)16-10/h6,8-9,14H,5,7H2,1-4H3. The van der Waals surface area contributed by atoms with Gasteiger partial charge >= 0.3 is 0 Å². The van der Waals surface area contributed by atoms with Gasteiger partial charge in [0, 0.05) is 17.5 Å². The SMILES string of the molecule is COc1sc(CNC(C)CC(C)C)cc1Br. The van der Waals surface area contributed by atoms with E-state index < -0.39 is 0 Å². The minimum Gasteiger partial charge on any atom is -0.486 e. The largest absolute Gasteiger partial charge is 0.486 e. The topological polar surface area (TPSA) is 21.3 Å². The zero-order chi connectivity index (χ0) is 12.1. The number of thiophene rings is 1. The fourth-order valence-electron chi connectivity index (χ4n) is 1.69. The zero-order valence-corrected chi connectivity index (χ0v) is 12.7. The molecule has 1 unspecified atom stereocenters. The van der Waals surface area contributed by atoms with Crippen molar-refractivity contribution in [3.8, 4) is 5.06 Å². The monoisotopic (exact) mass is 305 g/mol. The molecule has 92 valence electrons. The number of methoxy groups -OCH3 is 1. The van der Waals surface area contributed by atoms with Crippen molar-refractivity contribution in [1.29, 1.82) is 0 Å². The molecule has 0 saturated carbocycles. The Balaban J connectivity index is 2.42. The van der Waals surface area contributed by atoms with E-state index in [4.69, 9.17) is 4.74 Å². The van der Waals surface area contributed by atoms with E-state index in [1.54, 1.807) is 18.4 Å². The van der Waals surface area contributed by atoms with Crippen molar-refractivity contribution < 1.29 is 4.74 Å². The second-order valence-electron chi connectivity index (χ2n) is 4.46. The summed E-state index contributed by atoms with van der Waals surface area (Å²) in [5.41, 5.74) is 0. The van der Waals surface area contributed by atoms with Gasteiger partial charge in [-0.25, -0.2) is 0 Å². The predicted octanol–water partition coefficient (Wildman–Crippen LogP) is 4.04. The average Bonchev–Trinajstić information content (AvgIpc) is 2.55. The molecule has 0 aliphatic rings. The summed E-state index contributed by atoms with van der Waals surface area (Å²) in [6.45, 7) is 7.66. The van der Waals surface area contributed by atoms with Gasteiger partial charge in [0.1, 0.15) is 0 Å². The Labute approximate surface area is 111 Å². The molecule has 0 amide bonds. The fraction of sp³-hybridized carbons (Fsp3) is 0.667. The Kier molecular flexibility index (Phi) is 5.79. The third-order valence-corrected chi connectivity index (χ3v) is 4.29. The van der Waals surface area contributed by atoms with E-state index >= 15 is 0 Å². The molecular weight excluding hydrogens is 286 g/mol. The van der Waals surface area contributed by atoms with Gasteiger partial charge in [-0.2, -0.15) is 0 Å². The summed E-state index contributed by atoms with van der Waals surface area (Å²) in [5, 5.41) is 4.48. The van der Waals surface area contributed by atoms with Crippen molar-refractivity contribution >= 4 is 27.3 Å². The third kappa shape index (κ3) is 4.44. The van der Waals surface area contributed by atoms with Crippen LogP contribution in [0.1, 0.15) is 32.1 Å². The van der Waals surface area contributed by atoms with Crippen LogP contribution in [0.25, 0.3) is 0 Å². The molecule has 1 N–H and O–H groups in total. The normalized spacial score (nSPS) is 13.1. The van der Waals surface area contributed by atoms with Gasteiger partial charge in [-0.05, 0) is 41.3 Å². The van der Waals surface area contributed by atoms with Crippen LogP contribution in [0.4, 0.5) is 0 Å². The molecule has 0 spiro atoms. The van der Waals surface area contributed by atoms with Crippen LogP contribution in [0.2, 0.25) is 0 Å². The first-order valence-electron chi connectivity index (χ1n) is 5.58. The zero-order valence-electron chi connectivity index (χ0n) is 10.3. The van der Waals surface area contributed by atoms with Crippen molar-refractivity contribution in [3.05, 3.63) is 15.4 Å². The van der Waals surface area contributed by atoms with Gasteiger partial charge in [0.2, 0.25) is 0 Å². The van der Waals surface area contributed by atoms with Gasteiger partial charge < -0.3 is 10.1 Å². The average molecular weight is 306 g/mol. The highest BCUT2D eigenvalue weighted by atomic mass is 79.9. The molecule has 16 heavy (non-hydrogen) atoms. The highest BCUT2D eigenvalue weighted by Crippen LogP contribution is 2.34. The summed E-state index contributed by atoms with van der Waals surface area (Å²) in [5.74, 6) is 0.743. The highest BCUT2D eigenvalue weighted by molar-refractivity contribution is 9.10.